The van der Waals surface area contributed by atoms with E-state index in [9.17, 15) is 4.79 Å². The van der Waals surface area contributed by atoms with E-state index in [0.29, 0.717) is 30.5 Å². The molecule has 0 aliphatic carbocycles. The average Bonchev–Trinajstić information content (AvgIpc) is 3.21. The Labute approximate surface area is 139 Å². The molecule has 0 saturated heterocycles. The smallest absolute Gasteiger partial charge is 0.317 e. The number of urea groups is 1. The SMILES string of the molecule is CCc1nc(-c2ccc3c(c2)OCC3NC(=O)N(C)CCO)no1. The molecule has 2 aromatic rings. The molecular weight excluding hydrogens is 312 g/mol. The zero-order valence-electron chi connectivity index (χ0n) is 13.7. The number of carbonyl (C=O) groups is 1. The molecule has 128 valence electrons. The van der Waals surface area contributed by atoms with E-state index in [2.05, 4.69) is 15.5 Å². The second kappa shape index (κ2) is 6.88. The van der Waals surface area contributed by atoms with E-state index >= 15 is 0 Å². The molecule has 1 aliphatic rings. The molecule has 24 heavy (non-hydrogen) atoms. The quantitative estimate of drug-likeness (QED) is 0.857. The van der Waals surface area contributed by atoms with E-state index < -0.39 is 0 Å². The summed E-state index contributed by atoms with van der Waals surface area (Å²) < 4.78 is 10.8. The fourth-order valence-electron chi connectivity index (χ4n) is 2.50. The minimum absolute atomic E-state index is 0.0739. The molecule has 8 nitrogen and oxygen atoms in total. The second-order valence-corrected chi connectivity index (χ2v) is 5.58. The number of fused-ring (bicyclic) bond motifs is 1. The minimum atomic E-state index is -0.250. The number of amides is 2. The molecule has 8 heteroatoms. The van der Waals surface area contributed by atoms with Gasteiger partial charge in [-0.15, -0.1) is 0 Å². The predicted molar refractivity (Wildman–Crippen MR) is 85.6 cm³/mol. The number of rotatable bonds is 5. The van der Waals surface area contributed by atoms with Crippen LogP contribution in [-0.2, 0) is 6.42 Å². The van der Waals surface area contributed by atoms with Crippen LogP contribution in [0.4, 0.5) is 4.79 Å². The number of likely N-dealkylation sites (N-methyl/N-ethyl adjacent to an activating group) is 1. The van der Waals surface area contributed by atoms with Gasteiger partial charge in [-0.2, -0.15) is 4.98 Å². The first-order valence-corrected chi connectivity index (χ1v) is 7.84. The fourth-order valence-corrected chi connectivity index (χ4v) is 2.50. The normalized spacial score (nSPS) is 15.7. The molecule has 0 spiro atoms. The van der Waals surface area contributed by atoms with Crippen molar-refractivity contribution in [1.29, 1.82) is 0 Å². The van der Waals surface area contributed by atoms with Gasteiger partial charge in [-0.25, -0.2) is 4.79 Å². The zero-order valence-corrected chi connectivity index (χ0v) is 13.7. The molecule has 2 amide bonds. The Morgan fingerprint density at radius 2 is 2.33 bits per heavy atom. The number of nitrogens with zero attached hydrogens (tertiary/aromatic N) is 3. The molecule has 2 heterocycles. The monoisotopic (exact) mass is 332 g/mol. The van der Waals surface area contributed by atoms with Crippen LogP contribution in [-0.4, -0.2) is 53.0 Å². The third kappa shape index (κ3) is 3.18. The highest BCUT2D eigenvalue weighted by Gasteiger charge is 2.27. The molecule has 1 aliphatic heterocycles. The number of aromatic nitrogens is 2. The van der Waals surface area contributed by atoms with Crippen LogP contribution in [0.15, 0.2) is 22.7 Å². The van der Waals surface area contributed by atoms with Gasteiger partial charge in [0, 0.05) is 31.1 Å². The van der Waals surface area contributed by atoms with Gasteiger partial charge in [0.05, 0.1) is 12.6 Å². The molecule has 2 N–H and O–H groups in total. The van der Waals surface area contributed by atoms with Crippen LogP contribution < -0.4 is 10.1 Å². The highest BCUT2D eigenvalue weighted by atomic mass is 16.5. The highest BCUT2D eigenvalue weighted by Crippen LogP contribution is 2.35. The molecule has 1 aromatic carbocycles. The van der Waals surface area contributed by atoms with E-state index in [1.165, 1.54) is 4.90 Å². The number of nitrogens with one attached hydrogen (secondary N) is 1. The molecule has 0 fully saturated rings. The van der Waals surface area contributed by atoms with Crippen molar-refractivity contribution < 1.29 is 19.2 Å². The van der Waals surface area contributed by atoms with Crippen molar-refractivity contribution in [3.63, 3.8) is 0 Å². The van der Waals surface area contributed by atoms with E-state index in [0.717, 1.165) is 11.1 Å². The maximum absolute atomic E-state index is 12.0. The van der Waals surface area contributed by atoms with Crippen molar-refractivity contribution in [3.05, 3.63) is 29.7 Å². The highest BCUT2D eigenvalue weighted by molar-refractivity contribution is 5.75. The van der Waals surface area contributed by atoms with Crippen molar-refractivity contribution in [1.82, 2.24) is 20.4 Å². The van der Waals surface area contributed by atoms with Gasteiger partial charge in [-0.1, -0.05) is 24.2 Å². The second-order valence-electron chi connectivity index (χ2n) is 5.58. The van der Waals surface area contributed by atoms with Gasteiger partial charge in [0.25, 0.3) is 0 Å². The maximum Gasteiger partial charge on any atom is 0.317 e. The minimum Gasteiger partial charge on any atom is -0.491 e. The lowest BCUT2D eigenvalue weighted by Crippen LogP contribution is -2.41. The molecule has 1 unspecified atom stereocenters. The van der Waals surface area contributed by atoms with Crippen LogP contribution in [0.2, 0.25) is 0 Å². The topological polar surface area (TPSA) is 101 Å². The summed E-state index contributed by atoms with van der Waals surface area (Å²) >= 11 is 0. The van der Waals surface area contributed by atoms with Crippen LogP contribution in [0.5, 0.6) is 5.75 Å². The molecular formula is C16H20N4O4. The van der Waals surface area contributed by atoms with Gasteiger partial charge in [-0.05, 0) is 6.07 Å². The Morgan fingerprint density at radius 3 is 3.04 bits per heavy atom. The number of hydrogen-bond donors (Lipinski definition) is 2. The molecule has 1 aromatic heterocycles. The summed E-state index contributed by atoms with van der Waals surface area (Å²) in [4.78, 5) is 17.8. The van der Waals surface area contributed by atoms with Crippen LogP contribution in [0.1, 0.15) is 24.4 Å². The lowest BCUT2D eigenvalue weighted by atomic mass is 10.1. The Kier molecular flexibility index (Phi) is 4.66. The third-order valence-corrected chi connectivity index (χ3v) is 3.90. The van der Waals surface area contributed by atoms with Crippen LogP contribution in [0.25, 0.3) is 11.4 Å². The largest absolute Gasteiger partial charge is 0.491 e. The van der Waals surface area contributed by atoms with Gasteiger partial charge in [0.1, 0.15) is 12.4 Å². The van der Waals surface area contributed by atoms with Crippen LogP contribution in [0.3, 0.4) is 0 Å². The summed E-state index contributed by atoms with van der Waals surface area (Å²) in [6.07, 6.45) is 0.684. The van der Waals surface area contributed by atoms with E-state index in [1.54, 1.807) is 7.05 Å². The Morgan fingerprint density at radius 1 is 1.50 bits per heavy atom. The summed E-state index contributed by atoms with van der Waals surface area (Å²) in [7, 11) is 1.63. The maximum atomic E-state index is 12.0. The van der Waals surface area contributed by atoms with Gasteiger partial charge >= 0.3 is 6.03 Å². The van der Waals surface area contributed by atoms with Gasteiger partial charge in [0.2, 0.25) is 11.7 Å². The van der Waals surface area contributed by atoms with Crippen molar-refractivity contribution >= 4 is 6.03 Å². The molecule has 0 radical (unpaired) electrons. The Balaban J connectivity index is 1.74. The van der Waals surface area contributed by atoms with Crippen molar-refractivity contribution in [2.45, 2.75) is 19.4 Å². The Bertz CT molecular complexity index is 731. The first-order chi connectivity index (χ1) is 11.6. The first-order valence-electron chi connectivity index (χ1n) is 7.84. The number of aryl methyl sites for hydroxylation is 1. The molecule has 0 saturated carbocycles. The van der Waals surface area contributed by atoms with Crippen molar-refractivity contribution in [2.24, 2.45) is 0 Å². The van der Waals surface area contributed by atoms with Gasteiger partial charge in [0.15, 0.2) is 0 Å². The first kappa shape index (κ1) is 16.3. The average molecular weight is 332 g/mol. The lowest BCUT2D eigenvalue weighted by Gasteiger charge is -2.19. The molecule has 0 bridgehead atoms. The van der Waals surface area contributed by atoms with Crippen molar-refractivity contribution in [3.8, 4) is 17.1 Å². The van der Waals surface area contributed by atoms with Crippen molar-refractivity contribution in [2.75, 3.05) is 26.8 Å². The predicted octanol–water partition coefficient (Wildman–Crippen LogP) is 1.37. The van der Waals surface area contributed by atoms with E-state index in [-0.39, 0.29) is 25.2 Å². The number of benzene rings is 1. The number of aliphatic hydroxyl groups excluding tert-OH is 1. The van der Waals surface area contributed by atoms with E-state index in [4.69, 9.17) is 14.4 Å². The number of aliphatic hydroxyl groups is 1. The zero-order chi connectivity index (χ0) is 17.1. The summed E-state index contributed by atoms with van der Waals surface area (Å²) in [5.41, 5.74) is 1.71. The summed E-state index contributed by atoms with van der Waals surface area (Å²) in [5.74, 6) is 1.81. The number of ether oxygens (including phenoxy) is 1. The van der Waals surface area contributed by atoms with Crippen LogP contribution in [0, 0.1) is 0 Å². The molecule has 3 rings (SSSR count). The summed E-state index contributed by atoms with van der Waals surface area (Å²) in [6.45, 7) is 2.52. The Hall–Kier alpha value is -2.61. The van der Waals surface area contributed by atoms with Gasteiger partial charge < -0.3 is 24.6 Å². The van der Waals surface area contributed by atoms with Crippen LogP contribution >= 0.6 is 0 Å². The van der Waals surface area contributed by atoms with E-state index in [1.807, 2.05) is 25.1 Å². The number of carbonyl (C=O) groups excluding carboxylic acids is 1. The summed E-state index contributed by atoms with van der Waals surface area (Å²) in [5, 5.41) is 15.7. The fraction of sp³-hybridized carbons (Fsp3) is 0.438. The number of hydrogen-bond acceptors (Lipinski definition) is 6. The van der Waals surface area contributed by atoms with Gasteiger partial charge in [-0.3, -0.25) is 0 Å². The third-order valence-electron chi connectivity index (χ3n) is 3.90. The standard InChI is InChI=1S/C16H20N4O4/c1-3-14-18-15(19-24-14)10-4-5-11-12(9-23-13(11)8-10)17-16(22)20(2)6-7-21/h4-5,8,12,21H,3,6-7,9H2,1-2H3,(H,17,22). The lowest BCUT2D eigenvalue weighted by molar-refractivity contribution is 0.184. The summed E-state index contributed by atoms with van der Waals surface area (Å²) in [6, 6.07) is 5.16. The molecule has 1 atom stereocenters.